The Morgan fingerprint density at radius 1 is 1.05 bits per heavy atom. The lowest BCUT2D eigenvalue weighted by molar-refractivity contribution is -0.384. The molecular formula is C13H7ClN2O3. The van der Waals surface area contributed by atoms with Crippen LogP contribution in [-0.2, 0) is 0 Å². The molecular weight excluding hydrogens is 268 g/mol. The third-order valence-corrected chi connectivity index (χ3v) is 3.21. The first-order chi connectivity index (χ1) is 9.06. The molecule has 94 valence electrons. The fraction of sp³-hybridized carbons (Fsp3) is 0. The number of hydrogen-bond acceptors (Lipinski definition) is 3. The average Bonchev–Trinajstić information content (AvgIpc) is 2.38. The predicted octanol–water partition coefficient (Wildman–Crippen LogP) is 3.24. The molecule has 3 aromatic rings. The summed E-state index contributed by atoms with van der Waals surface area (Å²) in [5.41, 5.74) is 0.0657. The first kappa shape index (κ1) is 11.7. The van der Waals surface area contributed by atoms with Crippen LogP contribution in [0.1, 0.15) is 0 Å². The monoisotopic (exact) mass is 274 g/mol. The minimum Gasteiger partial charge on any atom is -0.321 e. The molecule has 0 unspecified atom stereocenters. The van der Waals surface area contributed by atoms with Gasteiger partial charge in [-0.1, -0.05) is 17.7 Å². The van der Waals surface area contributed by atoms with Gasteiger partial charge in [-0.25, -0.2) is 0 Å². The van der Waals surface area contributed by atoms with Gasteiger partial charge in [-0.15, -0.1) is 0 Å². The lowest BCUT2D eigenvalue weighted by atomic mass is 10.1. The van der Waals surface area contributed by atoms with Crippen molar-refractivity contribution < 1.29 is 4.92 Å². The summed E-state index contributed by atoms with van der Waals surface area (Å²) in [6.07, 6.45) is 0. The second kappa shape index (κ2) is 4.07. The Balaban J connectivity index is 2.48. The number of fused-ring (bicyclic) bond motifs is 3. The molecule has 0 saturated heterocycles. The van der Waals surface area contributed by atoms with Crippen molar-refractivity contribution in [2.75, 3.05) is 0 Å². The van der Waals surface area contributed by atoms with Crippen LogP contribution in [0.3, 0.4) is 0 Å². The molecule has 0 aliphatic heterocycles. The summed E-state index contributed by atoms with van der Waals surface area (Å²) in [6.45, 7) is 0. The first-order valence-corrected chi connectivity index (χ1v) is 5.84. The highest BCUT2D eigenvalue weighted by Gasteiger charge is 2.10. The lowest BCUT2D eigenvalue weighted by Crippen LogP contribution is -2.06. The van der Waals surface area contributed by atoms with E-state index in [0.717, 1.165) is 10.8 Å². The number of aromatic nitrogens is 1. The molecule has 0 aliphatic rings. The van der Waals surface area contributed by atoms with Crippen LogP contribution in [-0.4, -0.2) is 9.91 Å². The number of benzene rings is 2. The number of H-pyrrole nitrogens is 1. The van der Waals surface area contributed by atoms with E-state index in [1.807, 2.05) is 0 Å². The molecule has 0 bridgehead atoms. The maximum absolute atomic E-state index is 11.9. The van der Waals surface area contributed by atoms with Crippen LogP contribution in [0.5, 0.6) is 0 Å². The molecule has 5 nitrogen and oxygen atoms in total. The highest BCUT2D eigenvalue weighted by molar-refractivity contribution is 6.31. The molecule has 1 heterocycles. The van der Waals surface area contributed by atoms with Gasteiger partial charge in [0.05, 0.1) is 10.4 Å². The van der Waals surface area contributed by atoms with Crippen molar-refractivity contribution in [3.63, 3.8) is 0 Å². The number of nitrogens with one attached hydrogen (secondary N) is 1. The summed E-state index contributed by atoms with van der Waals surface area (Å²) in [5, 5.41) is 13.1. The summed E-state index contributed by atoms with van der Waals surface area (Å²) in [4.78, 5) is 24.8. The first-order valence-electron chi connectivity index (χ1n) is 5.46. The highest BCUT2D eigenvalue weighted by atomic mass is 35.5. The molecule has 0 spiro atoms. The molecule has 0 fully saturated rings. The molecule has 6 heteroatoms. The Hall–Kier alpha value is -2.40. The van der Waals surface area contributed by atoms with E-state index in [0.29, 0.717) is 15.9 Å². The zero-order chi connectivity index (χ0) is 13.6. The number of rotatable bonds is 1. The lowest BCUT2D eigenvalue weighted by Gasteiger charge is -2.03. The van der Waals surface area contributed by atoms with E-state index in [9.17, 15) is 14.9 Å². The van der Waals surface area contributed by atoms with Gasteiger partial charge in [-0.3, -0.25) is 14.9 Å². The summed E-state index contributed by atoms with van der Waals surface area (Å²) in [7, 11) is 0. The minimum absolute atomic E-state index is 0.0588. The minimum atomic E-state index is -0.496. The Labute approximate surface area is 111 Å². The van der Waals surface area contributed by atoms with E-state index in [4.69, 9.17) is 11.6 Å². The molecule has 0 amide bonds. The smallest absolute Gasteiger partial charge is 0.271 e. The van der Waals surface area contributed by atoms with E-state index >= 15 is 0 Å². The van der Waals surface area contributed by atoms with Crippen molar-refractivity contribution in [2.45, 2.75) is 0 Å². The summed E-state index contributed by atoms with van der Waals surface area (Å²) in [6, 6.07) is 9.39. The van der Waals surface area contributed by atoms with Crippen LogP contribution in [0.15, 0.2) is 41.2 Å². The number of hydrogen-bond donors (Lipinski definition) is 1. The van der Waals surface area contributed by atoms with Crippen molar-refractivity contribution in [3.8, 4) is 0 Å². The van der Waals surface area contributed by atoms with Gasteiger partial charge in [0, 0.05) is 27.9 Å². The highest BCUT2D eigenvalue weighted by Crippen LogP contribution is 2.26. The summed E-state index contributed by atoms with van der Waals surface area (Å²) in [5.74, 6) is 0. The molecule has 0 atom stereocenters. The third kappa shape index (κ3) is 1.84. The number of nitrogens with zero attached hydrogens (tertiary/aromatic N) is 1. The van der Waals surface area contributed by atoms with Gasteiger partial charge >= 0.3 is 0 Å². The molecule has 2 aromatic carbocycles. The maximum atomic E-state index is 11.9. The van der Waals surface area contributed by atoms with Crippen molar-refractivity contribution in [2.24, 2.45) is 0 Å². The van der Waals surface area contributed by atoms with Gasteiger partial charge in [0.25, 0.3) is 11.2 Å². The van der Waals surface area contributed by atoms with Gasteiger partial charge in [-0.2, -0.15) is 0 Å². The van der Waals surface area contributed by atoms with E-state index < -0.39 is 4.92 Å². The molecule has 3 rings (SSSR count). The zero-order valence-electron chi connectivity index (χ0n) is 9.51. The topological polar surface area (TPSA) is 76.0 Å². The van der Waals surface area contributed by atoms with Gasteiger partial charge in [0.2, 0.25) is 0 Å². The SMILES string of the molecule is O=c1[nH]c2cc([N+](=O)[O-])ccc2c2ccc(Cl)cc12. The number of non-ortho nitro benzene ring substituents is 1. The Bertz CT molecular complexity index is 886. The number of halogens is 1. The van der Waals surface area contributed by atoms with Gasteiger partial charge in [-0.05, 0) is 23.6 Å². The van der Waals surface area contributed by atoms with Crippen LogP contribution in [0, 0.1) is 10.1 Å². The van der Waals surface area contributed by atoms with Crippen molar-refractivity contribution in [1.29, 1.82) is 0 Å². The van der Waals surface area contributed by atoms with E-state index in [1.54, 1.807) is 24.3 Å². The third-order valence-electron chi connectivity index (χ3n) is 2.98. The molecule has 0 saturated carbocycles. The van der Waals surface area contributed by atoms with Gasteiger partial charge in [0.15, 0.2) is 0 Å². The van der Waals surface area contributed by atoms with Crippen LogP contribution < -0.4 is 5.56 Å². The van der Waals surface area contributed by atoms with Crippen molar-refractivity contribution in [1.82, 2.24) is 4.98 Å². The van der Waals surface area contributed by atoms with Crippen LogP contribution in [0.4, 0.5) is 5.69 Å². The fourth-order valence-corrected chi connectivity index (χ4v) is 2.29. The largest absolute Gasteiger partial charge is 0.321 e. The van der Waals surface area contributed by atoms with Crippen molar-refractivity contribution in [3.05, 3.63) is 61.9 Å². The molecule has 1 aromatic heterocycles. The molecule has 0 radical (unpaired) electrons. The Morgan fingerprint density at radius 2 is 1.79 bits per heavy atom. The summed E-state index contributed by atoms with van der Waals surface area (Å²) < 4.78 is 0. The molecule has 0 aliphatic carbocycles. The maximum Gasteiger partial charge on any atom is 0.271 e. The van der Waals surface area contributed by atoms with Crippen LogP contribution in [0.2, 0.25) is 5.02 Å². The van der Waals surface area contributed by atoms with Crippen molar-refractivity contribution >= 4 is 39.0 Å². The molecule has 19 heavy (non-hydrogen) atoms. The predicted molar refractivity (Wildman–Crippen MR) is 73.7 cm³/mol. The second-order valence-electron chi connectivity index (χ2n) is 4.13. The quantitative estimate of drug-likeness (QED) is 0.420. The van der Waals surface area contributed by atoms with Gasteiger partial charge < -0.3 is 4.98 Å². The van der Waals surface area contributed by atoms with Crippen LogP contribution >= 0.6 is 11.6 Å². The number of nitro groups is 1. The fourth-order valence-electron chi connectivity index (χ4n) is 2.11. The number of aromatic amines is 1. The standard InChI is InChI=1S/C13H7ClN2O3/c14-7-1-3-9-10-4-2-8(16(18)19)6-12(10)15-13(17)11(9)5-7/h1-6H,(H,15,17). The average molecular weight is 275 g/mol. The molecule has 1 N–H and O–H groups in total. The normalized spacial score (nSPS) is 11.0. The zero-order valence-corrected chi connectivity index (χ0v) is 10.3. The van der Waals surface area contributed by atoms with Gasteiger partial charge in [0.1, 0.15) is 0 Å². The Morgan fingerprint density at radius 3 is 2.53 bits per heavy atom. The second-order valence-corrected chi connectivity index (χ2v) is 4.57. The summed E-state index contributed by atoms with van der Waals surface area (Å²) >= 11 is 5.87. The van der Waals surface area contributed by atoms with E-state index in [2.05, 4.69) is 4.98 Å². The van der Waals surface area contributed by atoms with E-state index in [1.165, 1.54) is 12.1 Å². The number of pyridine rings is 1. The van der Waals surface area contributed by atoms with Crippen LogP contribution in [0.25, 0.3) is 21.7 Å². The van der Waals surface area contributed by atoms with E-state index in [-0.39, 0.29) is 11.2 Å². The number of nitro benzene ring substituents is 1. The Kier molecular flexibility index (Phi) is 2.50.